The van der Waals surface area contributed by atoms with Crippen LogP contribution in [0.15, 0.2) is 12.7 Å². The molecule has 0 spiro atoms. The molecule has 0 amide bonds. The zero-order chi connectivity index (χ0) is 8.55. The predicted molar refractivity (Wildman–Crippen MR) is 51.1 cm³/mol. The quantitative estimate of drug-likeness (QED) is 0.596. The summed E-state index contributed by atoms with van der Waals surface area (Å²) in [4.78, 5) is 0. The monoisotopic (exact) mass is 166 g/mol. The fourth-order valence-corrected chi connectivity index (χ4v) is 2.41. The normalized spacial score (nSPS) is 42.6. The second kappa shape index (κ2) is 3.19. The van der Waals surface area contributed by atoms with E-state index in [9.17, 15) is 0 Å². The van der Waals surface area contributed by atoms with Crippen molar-refractivity contribution in [2.45, 2.75) is 37.9 Å². The fourth-order valence-electron chi connectivity index (χ4n) is 2.41. The van der Waals surface area contributed by atoms with Gasteiger partial charge in [-0.05, 0) is 18.8 Å². The lowest BCUT2D eigenvalue weighted by Crippen LogP contribution is -2.57. The largest absolute Gasteiger partial charge is 0.310 e. The molecule has 0 saturated carbocycles. The van der Waals surface area contributed by atoms with Gasteiger partial charge in [0.1, 0.15) is 0 Å². The number of nitrogens with one attached hydrogen (secondary N) is 2. The summed E-state index contributed by atoms with van der Waals surface area (Å²) in [5, 5.41) is 7.24. The van der Waals surface area contributed by atoms with Crippen LogP contribution in [-0.4, -0.2) is 24.7 Å². The molecule has 2 fully saturated rings. The minimum absolute atomic E-state index is 0.585. The molecule has 12 heavy (non-hydrogen) atoms. The molecule has 2 heteroatoms. The van der Waals surface area contributed by atoms with E-state index in [0.29, 0.717) is 18.0 Å². The molecule has 2 N–H and O–H groups in total. The van der Waals surface area contributed by atoms with Crippen molar-refractivity contribution in [1.29, 1.82) is 0 Å². The van der Waals surface area contributed by atoms with Crippen LogP contribution in [0.3, 0.4) is 0 Å². The van der Waals surface area contributed by atoms with Gasteiger partial charge in [0, 0.05) is 24.7 Å². The summed E-state index contributed by atoms with van der Waals surface area (Å²) in [6.45, 7) is 7.23. The first kappa shape index (κ1) is 8.27. The van der Waals surface area contributed by atoms with E-state index in [2.05, 4.69) is 30.2 Å². The van der Waals surface area contributed by atoms with E-state index >= 15 is 0 Å². The molecule has 0 aliphatic carbocycles. The lowest BCUT2D eigenvalue weighted by Gasteiger charge is -2.34. The highest BCUT2D eigenvalue weighted by molar-refractivity contribution is 5.02. The third kappa shape index (κ3) is 1.29. The SMILES string of the molecule is C=C[C@@H](C)[C@@H]1NC[C@H]2CC[C@@H]1N2. The Hall–Kier alpha value is -0.340. The van der Waals surface area contributed by atoms with Crippen molar-refractivity contribution >= 4 is 0 Å². The maximum atomic E-state index is 3.85. The van der Waals surface area contributed by atoms with Gasteiger partial charge in [-0.2, -0.15) is 0 Å². The standard InChI is InChI=1S/C10H18N2/c1-3-7(2)10-9-5-4-8(12-9)6-11-10/h3,7-12H,1,4-6H2,2H3/t7-,8-,9+,10+/m1/s1. The number of hydrogen-bond donors (Lipinski definition) is 2. The van der Waals surface area contributed by atoms with Crippen LogP contribution in [0.4, 0.5) is 0 Å². The molecule has 0 radical (unpaired) electrons. The molecule has 2 bridgehead atoms. The van der Waals surface area contributed by atoms with Gasteiger partial charge >= 0.3 is 0 Å². The summed E-state index contributed by atoms with van der Waals surface area (Å²) >= 11 is 0. The highest BCUT2D eigenvalue weighted by Crippen LogP contribution is 2.23. The minimum Gasteiger partial charge on any atom is -0.310 e. The molecule has 2 saturated heterocycles. The van der Waals surface area contributed by atoms with E-state index in [-0.39, 0.29) is 0 Å². The molecular weight excluding hydrogens is 148 g/mol. The second-order valence-electron chi connectivity index (χ2n) is 4.08. The first-order valence-corrected chi connectivity index (χ1v) is 4.93. The van der Waals surface area contributed by atoms with Crippen LogP contribution in [0.2, 0.25) is 0 Å². The van der Waals surface area contributed by atoms with Gasteiger partial charge in [-0.15, -0.1) is 6.58 Å². The molecule has 2 aliphatic rings. The molecular formula is C10H18N2. The van der Waals surface area contributed by atoms with Gasteiger partial charge in [-0.25, -0.2) is 0 Å². The Balaban J connectivity index is 2.02. The zero-order valence-electron chi connectivity index (χ0n) is 7.72. The predicted octanol–water partition coefficient (Wildman–Crippen LogP) is 0.901. The molecule has 0 aromatic carbocycles. The molecule has 2 rings (SSSR count). The summed E-state index contributed by atoms with van der Waals surface area (Å²) in [6, 6.07) is 2.04. The Labute approximate surface area is 74.4 Å². The van der Waals surface area contributed by atoms with E-state index in [1.54, 1.807) is 0 Å². The summed E-state index contributed by atoms with van der Waals surface area (Å²) in [5.41, 5.74) is 0. The van der Waals surface area contributed by atoms with Crippen LogP contribution in [0.5, 0.6) is 0 Å². The van der Waals surface area contributed by atoms with Crippen molar-refractivity contribution in [2.24, 2.45) is 5.92 Å². The molecule has 0 unspecified atom stereocenters. The van der Waals surface area contributed by atoms with E-state index in [1.165, 1.54) is 12.8 Å². The Kier molecular flexibility index (Phi) is 2.20. The molecule has 2 nitrogen and oxygen atoms in total. The topological polar surface area (TPSA) is 24.1 Å². The summed E-state index contributed by atoms with van der Waals surface area (Å²) in [7, 11) is 0. The summed E-state index contributed by atoms with van der Waals surface area (Å²) in [6.07, 6.45) is 4.73. The molecule has 0 aromatic rings. The first-order chi connectivity index (χ1) is 5.81. The van der Waals surface area contributed by atoms with Crippen molar-refractivity contribution < 1.29 is 0 Å². The van der Waals surface area contributed by atoms with Gasteiger partial charge in [0.15, 0.2) is 0 Å². The third-order valence-corrected chi connectivity index (χ3v) is 3.25. The van der Waals surface area contributed by atoms with Crippen LogP contribution >= 0.6 is 0 Å². The Morgan fingerprint density at radius 3 is 3.08 bits per heavy atom. The van der Waals surface area contributed by atoms with Crippen molar-refractivity contribution in [3.63, 3.8) is 0 Å². The molecule has 4 atom stereocenters. The minimum atomic E-state index is 0.585. The van der Waals surface area contributed by atoms with Crippen molar-refractivity contribution in [3.05, 3.63) is 12.7 Å². The van der Waals surface area contributed by atoms with Gasteiger partial charge in [0.05, 0.1) is 0 Å². The van der Waals surface area contributed by atoms with Gasteiger partial charge in [0.25, 0.3) is 0 Å². The molecule has 2 heterocycles. The van der Waals surface area contributed by atoms with E-state index < -0.39 is 0 Å². The van der Waals surface area contributed by atoms with Crippen LogP contribution < -0.4 is 10.6 Å². The zero-order valence-corrected chi connectivity index (χ0v) is 7.72. The summed E-state index contributed by atoms with van der Waals surface area (Å²) in [5.74, 6) is 0.585. The van der Waals surface area contributed by atoms with Gasteiger partial charge in [-0.3, -0.25) is 0 Å². The lowest BCUT2D eigenvalue weighted by molar-refractivity contribution is 0.289. The maximum Gasteiger partial charge on any atom is 0.0281 e. The van der Waals surface area contributed by atoms with Crippen LogP contribution in [0.25, 0.3) is 0 Å². The molecule has 0 aromatic heterocycles. The fraction of sp³-hybridized carbons (Fsp3) is 0.800. The Morgan fingerprint density at radius 1 is 1.50 bits per heavy atom. The first-order valence-electron chi connectivity index (χ1n) is 4.93. The van der Waals surface area contributed by atoms with Gasteiger partial charge in [0.2, 0.25) is 0 Å². The smallest absolute Gasteiger partial charge is 0.0281 e. The lowest BCUT2D eigenvalue weighted by atomic mass is 9.94. The highest BCUT2D eigenvalue weighted by Gasteiger charge is 2.36. The van der Waals surface area contributed by atoms with E-state index in [0.717, 1.165) is 12.6 Å². The Morgan fingerprint density at radius 2 is 2.33 bits per heavy atom. The van der Waals surface area contributed by atoms with E-state index in [1.807, 2.05) is 0 Å². The molecule has 68 valence electrons. The Bertz CT molecular complexity index is 179. The van der Waals surface area contributed by atoms with Crippen molar-refractivity contribution in [1.82, 2.24) is 10.6 Å². The van der Waals surface area contributed by atoms with Crippen molar-refractivity contribution in [3.8, 4) is 0 Å². The number of piperazine rings is 1. The number of rotatable bonds is 2. The molecule has 2 aliphatic heterocycles. The average Bonchev–Trinajstić information content (AvgIpc) is 2.47. The van der Waals surface area contributed by atoms with Gasteiger partial charge in [-0.1, -0.05) is 13.0 Å². The van der Waals surface area contributed by atoms with Crippen LogP contribution in [-0.2, 0) is 0 Å². The van der Waals surface area contributed by atoms with Crippen LogP contribution in [0, 0.1) is 5.92 Å². The van der Waals surface area contributed by atoms with E-state index in [4.69, 9.17) is 0 Å². The van der Waals surface area contributed by atoms with Gasteiger partial charge < -0.3 is 10.6 Å². The second-order valence-corrected chi connectivity index (χ2v) is 4.08. The third-order valence-electron chi connectivity index (χ3n) is 3.25. The average molecular weight is 166 g/mol. The number of hydrogen-bond acceptors (Lipinski definition) is 2. The van der Waals surface area contributed by atoms with Crippen LogP contribution in [0.1, 0.15) is 19.8 Å². The summed E-state index contributed by atoms with van der Waals surface area (Å²) < 4.78 is 0. The number of fused-ring (bicyclic) bond motifs is 2. The van der Waals surface area contributed by atoms with Crippen molar-refractivity contribution in [2.75, 3.05) is 6.54 Å². The highest BCUT2D eigenvalue weighted by atomic mass is 15.1. The maximum absolute atomic E-state index is 3.85.